The minimum atomic E-state index is -0.432. The first-order valence-electron chi connectivity index (χ1n) is 8.89. The number of rotatable bonds is 4. The SMILES string of the molecule is Cc1c(C(=O)Nc2ccccn2)oc2c1/C(=N/NC(=O)c1ccco1)CCC2. The van der Waals surface area contributed by atoms with Crippen molar-refractivity contribution in [3.05, 3.63) is 71.2 Å². The topological polar surface area (TPSA) is 110 Å². The number of hydrogen-bond donors (Lipinski definition) is 2. The van der Waals surface area contributed by atoms with E-state index in [1.165, 1.54) is 6.26 Å². The Morgan fingerprint density at radius 1 is 1.14 bits per heavy atom. The van der Waals surface area contributed by atoms with Gasteiger partial charge in [-0.1, -0.05) is 6.07 Å². The smallest absolute Gasteiger partial charge is 0.307 e. The molecule has 0 atom stereocenters. The van der Waals surface area contributed by atoms with Crippen molar-refractivity contribution < 1.29 is 18.4 Å². The molecule has 2 amide bonds. The number of aromatic nitrogens is 1. The highest BCUT2D eigenvalue weighted by molar-refractivity contribution is 6.09. The van der Waals surface area contributed by atoms with E-state index in [9.17, 15) is 9.59 Å². The van der Waals surface area contributed by atoms with E-state index in [1.807, 2.05) is 6.92 Å². The van der Waals surface area contributed by atoms with Gasteiger partial charge in [-0.25, -0.2) is 10.4 Å². The van der Waals surface area contributed by atoms with E-state index in [-0.39, 0.29) is 17.4 Å². The molecule has 1 aliphatic rings. The van der Waals surface area contributed by atoms with E-state index in [4.69, 9.17) is 8.83 Å². The first-order chi connectivity index (χ1) is 13.6. The van der Waals surface area contributed by atoms with Gasteiger partial charge in [0, 0.05) is 23.7 Å². The van der Waals surface area contributed by atoms with Gasteiger partial charge in [-0.3, -0.25) is 9.59 Å². The van der Waals surface area contributed by atoms with Gasteiger partial charge < -0.3 is 14.2 Å². The molecule has 1 aliphatic carbocycles. The van der Waals surface area contributed by atoms with Crippen molar-refractivity contribution in [3.8, 4) is 0 Å². The Labute approximate surface area is 160 Å². The Bertz CT molecular complexity index is 1040. The lowest BCUT2D eigenvalue weighted by atomic mass is 9.93. The van der Waals surface area contributed by atoms with Gasteiger partial charge in [-0.05, 0) is 44.0 Å². The van der Waals surface area contributed by atoms with Crippen LogP contribution < -0.4 is 10.7 Å². The van der Waals surface area contributed by atoms with Crippen molar-refractivity contribution in [1.29, 1.82) is 0 Å². The standard InChI is InChI=1S/C20H18N4O4/c1-12-17-13(23-24-19(25)15-8-5-11-27-15)6-4-7-14(17)28-18(12)20(26)22-16-9-2-3-10-21-16/h2-3,5,8-11H,4,6-7H2,1H3,(H,24,25)(H,21,22,26)/b23-13+. The van der Waals surface area contributed by atoms with E-state index >= 15 is 0 Å². The first-order valence-corrected chi connectivity index (χ1v) is 8.89. The van der Waals surface area contributed by atoms with Gasteiger partial charge in [-0.2, -0.15) is 5.10 Å². The monoisotopic (exact) mass is 378 g/mol. The molecule has 28 heavy (non-hydrogen) atoms. The number of nitrogens with zero attached hydrogens (tertiary/aromatic N) is 2. The van der Waals surface area contributed by atoms with Crippen LogP contribution in [0.5, 0.6) is 0 Å². The molecule has 142 valence electrons. The number of carbonyl (C=O) groups excluding carboxylic acids is 2. The molecule has 3 heterocycles. The highest BCUT2D eigenvalue weighted by Crippen LogP contribution is 2.30. The molecule has 0 saturated heterocycles. The number of pyridine rings is 1. The van der Waals surface area contributed by atoms with Crippen molar-refractivity contribution in [3.63, 3.8) is 0 Å². The zero-order chi connectivity index (χ0) is 19.5. The number of furan rings is 2. The van der Waals surface area contributed by atoms with Crippen molar-refractivity contribution in [1.82, 2.24) is 10.4 Å². The highest BCUT2D eigenvalue weighted by Gasteiger charge is 2.28. The second-order valence-electron chi connectivity index (χ2n) is 6.35. The Balaban J connectivity index is 1.58. The number of aryl methyl sites for hydroxylation is 1. The highest BCUT2D eigenvalue weighted by atomic mass is 16.4. The number of fused-ring (bicyclic) bond motifs is 1. The molecule has 2 N–H and O–H groups in total. The van der Waals surface area contributed by atoms with Gasteiger partial charge in [-0.15, -0.1) is 0 Å². The second-order valence-corrected chi connectivity index (χ2v) is 6.35. The molecule has 4 rings (SSSR count). The average molecular weight is 378 g/mol. The summed E-state index contributed by atoms with van der Waals surface area (Å²) >= 11 is 0. The minimum Gasteiger partial charge on any atom is -0.459 e. The maximum atomic E-state index is 12.6. The van der Waals surface area contributed by atoms with Gasteiger partial charge in [0.2, 0.25) is 0 Å². The van der Waals surface area contributed by atoms with E-state index in [1.54, 1.807) is 36.5 Å². The van der Waals surface area contributed by atoms with Crippen LogP contribution in [0.15, 0.2) is 56.7 Å². The van der Waals surface area contributed by atoms with Crippen LogP contribution in [0.1, 0.15) is 50.8 Å². The summed E-state index contributed by atoms with van der Waals surface area (Å²) in [5, 5.41) is 6.98. The van der Waals surface area contributed by atoms with Crippen molar-refractivity contribution >= 4 is 23.3 Å². The fourth-order valence-electron chi connectivity index (χ4n) is 3.19. The zero-order valence-electron chi connectivity index (χ0n) is 15.2. The van der Waals surface area contributed by atoms with Crippen LogP contribution in [0.3, 0.4) is 0 Å². The number of carbonyl (C=O) groups is 2. The van der Waals surface area contributed by atoms with Crippen molar-refractivity contribution in [2.45, 2.75) is 26.2 Å². The maximum absolute atomic E-state index is 12.6. The molecule has 3 aromatic rings. The quantitative estimate of drug-likeness (QED) is 0.677. The molecular formula is C20H18N4O4. The Morgan fingerprint density at radius 2 is 2.04 bits per heavy atom. The fraction of sp³-hybridized carbons (Fsp3) is 0.200. The average Bonchev–Trinajstić information content (AvgIpc) is 3.36. The third-order valence-corrected chi connectivity index (χ3v) is 4.48. The second kappa shape index (κ2) is 7.51. The predicted molar refractivity (Wildman–Crippen MR) is 101 cm³/mol. The summed E-state index contributed by atoms with van der Waals surface area (Å²) < 4.78 is 10.9. The van der Waals surface area contributed by atoms with Crippen LogP contribution in [0.2, 0.25) is 0 Å². The summed E-state index contributed by atoms with van der Waals surface area (Å²) in [7, 11) is 0. The van der Waals surface area contributed by atoms with Crippen LogP contribution in [-0.4, -0.2) is 22.5 Å². The van der Waals surface area contributed by atoms with E-state index in [0.29, 0.717) is 35.7 Å². The molecular weight excluding hydrogens is 360 g/mol. The fourth-order valence-corrected chi connectivity index (χ4v) is 3.19. The van der Waals surface area contributed by atoms with Gasteiger partial charge in [0.1, 0.15) is 11.6 Å². The summed E-state index contributed by atoms with van der Waals surface area (Å²) in [5.41, 5.74) is 4.65. The molecule has 0 fully saturated rings. The lowest BCUT2D eigenvalue weighted by molar-refractivity contribution is 0.0926. The number of hydrazone groups is 1. The normalized spacial score (nSPS) is 14.5. The molecule has 0 aliphatic heterocycles. The minimum absolute atomic E-state index is 0.180. The van der Waals surface area contributed by atoms with Crippen LogP contribution in [0.4, 0.5) is 5.82 Å². The van der Waals surface area contributed by atoms with Crippen LogP contribution in [0.25, 0.3) is 0 Å². The van der Waals surface area contributed by atoms with Crippen molar-refractivity contribution in [2.75, 3.05) is 5.32 Å². The van der Waals surface area contributed by atoms with Crippen LogP contribution in [-0.2, 0) is 6.42 Å². The maximum Gasteiger partial charge on any atom is 0.307 e. The lowest BCUT2D eigenvalue weighted by Gasteiger charge is -2.13. The zero-order valence-corrected chi connectivity index (χ0v) is 15.2. The molecule has 0 radical (unpaired) electrons. The predicted octanol–water partition coefficient (Wildman–Crippen LogP) is 3.30. The Kier molecular flexibility index (Phi) is 4.76. The summed E-state index contributed by atoms with van der Waals surface area (Å²) in [6.07, 6.45) is 5.22. The van der Waals surface area contributed by atoms with Gasteiger partial charge in [0.05, 0.1) is 12.0 Å². The number of anilines is 1. The van der Waals surface area contributed by atoms with E-state index in [2.05, 4.69) is 20.8 Å². The largest absolute Gasteiger partial charge is 0.459 e. The molecule has 0 unspecified atom stereocenters. The number of nitrogens with one attached hydrogen (secondary N) is 2. The summed E-state index contributed by atoms with van der Waals surface area (Å²) in [4.78, 5) is 28.8. The van der Waals surface area contributed by atoms with Gasteiger partial charge >= 0.3 is 5.91 Å². The Morgan fingerprint density at radius 3 is 2.79 bits per heavy atom. The molecule has 0 saturated carbocycles. The molecule has 0 bridgehead atoms. The van der Waals surface area contributed by atoms with E-state index < -0.39 is 5.91 Å². The number of hydrogen-bond acceptors (Lipinski definition) is 6. The molecule has 8 heteroatoms. The van der Waals surface area contributed by atoms with Crippen molar-refractivity contribution in [2.24, 2.45) is 5.10 Å². The Hall–Kier alpha value is -3.68. The number of amides is 2. The first kappa shape index (κ1) is 17.7. The van der Waals surface area contributed by atoms with Gasteiger partial charge in [0.25, 0.3) is 5.91 Å². The summed E-state index contributed by atoms with van der Waals surface area (Å²) in [5.74, 6) is 0.743. The van der Waals surface area contributed by atoms with E-state index in [0.717, 1.165) is 12.0 Å². The molecule has 8 nitrogen and oxygen atoms in total. The van der Waals surface area contributed by atoms with Crippen LogP contribution >= 0.6 is 0 Å². The third-order valence-electron chi connectivity index (χ3n) is 4.48. The summed E-state index contributed by atoms with van der Waals surface area (Å²) in [6.45, 7) is 1.81. The molecule has 0 spiro atoms. The van der Waals surface area contributed by atoms with Crippen LogP contribution in [0, 0.1) is 6.92 Å². The summed E-state index contributed by atoms with van der Waals surface area (Å²) in [6, 6.07) is 8.45. The molecule has 0 aromatic carbocycles. The van der Waals surface area contributed by atoms with Gasteiger partial charge in [0.15, 0.2) is 11.5 Å². The lowest BCUT2D eigenvalue weighted by Crippen LogP contribution is -2.21. The molecule has 3 aromatic heterocycles. The third kappa shape index (κ3) is 3.44.